The summed E-state index contributed by atoms with van der Waals surface area (Å²) in [5.41, 5.74) is 0.843. The zero-order valence-electron chi connectivity index (χ0n) is 7.91. The van der Waals surface area contributed by atoms with Crippen LogP contribution in [0.5, 0.6) is 0 Å². The second-order valence-corrected chi connectivity index (χ2v) is 3.39. The van der Waals surface area contributed by atoms with Gasteiger partial charge in [0, 0.05) is 12.6 Å². The molecule has 0 spiro atoms. The van der Waals surface area contributed by atoms with Gasteiger partial charge in [-0.1, -0.05) is 18.2 Å². The Kier molecular flexibility index (Phi) is 5.53. The highest BCUT2D eigenvalue weighted by Crippen LogP contribution is 2.03. The van der Waals surface area contributed by atoms with Gasteiger partial charge in [0.2, 0.25) is 5.91 Å². The molecule has 0 unspecified atom stereocenters. The van der Waals surface area contributed by atoms with Gasteiger partial charge in [0.15, 0.2) is 0 Å². The lowest BCUT2D eigenvalue weighted by atomic mass is 10.3. The Hall–Kier alpha value is -1.44. The summed E-state index contributed by atoms with van der Waals surface area (Å²) in [4.78, 5) is 10.5. The van der Waals surface area contributed by atoms with Crippen molar-refractivity contribution in [3.05, 3.63) is 30.3 Å². The summed E-state index contributed by atoms with van der Waals surface area (Å²) in [7, 11) is -4.67. The average Bonchev–Trinajstić information content (AvgIpc) is 2.01. The second kappa shape index (κ2) is 6.12. The lowest BCUT2D eigenvalue weighted by Crippen LogP contribution is -2.04. The topological polar surface area (TPSA) is 104 Å². The van der Waals surface area contributed by atoms with E-state index in [0.717, 1.165) is 5.69 Å². The van der Waals surface area contributed by atoms with Crippen LogP contribution in [0.3, 0.4) is 0 Å². The van der Waals surface area contributed by atoms with Gasteiger partial charge >= 0.3 is 10.4 Å². The summed E-state index contributed by atoms with van der Waals surface area (Å²) in [6.45, 7) is 1.49. The van der Waals surface area contributed by atoms with E-state index in [-0.39, 0.29) is 5.91 Å². The van der Waals surface area contributed by atoms with Gasteiger partial charge in [-0.3, -0.25) is 13.9 Å². The molecule has 1 aromatic carbocycles. The molecule has 0 aliphatic heterocycles. The van der Waals surface area contributed by atoms with Gasteiger partial charge in [0.05, 0.1) is 0 Å². The summed E-state index contributed by atoms with van der Waals surface area (Å²) >= 11 is 0. The summed E-state index contributed by atoms with van der Waals surface area (Å²) in [5.74, 6) is -0.0359. The van der Waals surface area contributed by atoms with E-state index >= 15 is 0 Å². The highest BCUT2D eigenvalue weighted by Gasteiger charge is 1.90. The van der Waals surface area contributed by atoms with E-state index in [4.69, 9.17) is 17.5 Å². The summed E-state index contributed by atoms with van der Waals surface area (Å²) in [5, 5.41) is 2.67. The quantitative estimate of drug-likeness (QED) is 0.627. The predicted octanol–water partition coefficient (Wildman–Crippen LogP) is 0.992. The molecule has 1 amide bonds. The van der Waals surface area contributed by atoms with Crippen LogP contribution in [0, 0.1) is 0 Å². The molecule has 7 heteroatoms. The molecule has 0 bridgehead atoms. The van der Waals surface area contributed by atoms with Crippen LogP contribution in [0.25, 0.3) is 0 Å². The van der Waals surface area contributed by atoms with E-state index in [1.165, 1.54) is 6.92 Å². The van der Waals surface area contributed by atoms with Crippen molar-refractivity contribution in [1.82, 2.24) is 0 Å². The van der Waals surface area contributed by atoms with Crippen LogP contribution >= 0.6 is 0 Å². The molecule has 1 aromatic rings. The maximum absolute atomic E-state index is 10.5. The Bertz CT molecular complexity index is 392. The lowest BCUT2D eigenvalue weighted by molar-refractivity contribution is -0.114. The maximum atomic E-state index is 10.5. The first-order valence-electron chi connectivity index (χ1n) is 3.81. The van der Waals surface area contributed by atoms with Gasteiger partial charge in [-0.25, -0.2) is 0 Å². The SMILES string of the molecule is CC(=O)Nc1ccccc1.O=S(=O)(O)O. The second-order valence-electron chi connectivity index (χ2n) is 2.50. The minimum absolute atomic E-state index is 0.0359. The van der Waals surface area contributed by atoms with Crippen LogP contribution in [0.15, 0.2) is 30.3 Å². The standard InChI is InChI=1S/C8H9NO.H2O4S/c1-7(10)9-8-5-3-2-4-6-8;1-5(2,3)4/h2-6H,1H3,(H,9,10);(H2,1,2,3,4). The van der Waals surface area contributed by atoms with Crippen LogP contribution < -0.4 is 5.32 Å². The van der Waals surface area contributed by atoms with E-state index < -0.39 is 10.4 Å². The van der Waals surface area contributed by atoms with Gasteiger partial charge < -0.3 is 5.32 Å². The van der Waals surface area contributed by atoms with Crippen molar-refractivity contribution in [2.24, 2.45) is 0 Å². The van der Waals surface area contributed by atoms with Crippen LogP contribution in [0.2, 0.25) is 0 Å². The zero-order chi connectivity index (χ0) is 11.9. The number of benzene rings is 1. The first kappa shape index (κ1) is 13.6. The van der Waals surface area contributed by atoms with E-state index in [9.17, 15) is 4.79 Å². The monoisotopic (exact) mass is 233 g/mol. The minimum atomic E-state index is -4.67. The number of amides is 1. The minimum Gasteiger partial charge on any atom is -0.326 e. The number of carbonyl (C=O) groups is 1. The first-order chi connectivity index (χ1) is 6.79. The summed E-state index contributed by atoms with van der Waals surface area (Å²) < 4.78 is 31.6. The number of rotatable bonds is 1. The molecule has 0 saturated carbocycles. The van der Waals surface area contributed by atoms with Crippen molar-refractivity contribution >= 4 is 22.0 Å². The lowest BCUT2D eigenvalue weighted by Gasteiger charge is -1.98. The molecule has 3 N–H and O–H groups in total. The number of hydrogen-bond acceptors (Lipinski definition) is 3. The Labute approximate surface area is 87.5 Å². The normalized spacial score (nSPS) is 9.80. The molecule has 0 fully saturated rings. The van der Waals surface area contributed by atoms with E-state index in [2.05, 4.69) is 5.32 Å². The molecule has 6 nitrogen and oxygen atoms in total. The van der Waals surface area contributed by atoms with Crippen LogP contribution in [-0.2, 0) is 15.2 Å². The molecule has 1 rings (SSSR count). The molecule has 0 aliphatic rings. The molecule has 0 aliphatic carbocycles. The van der Waals surface area contributed by atoms with Crippen molar-refractivity contribution in [3.63, 3.8) is 0 Å². The fourth-order valence-corrected chi connectivity index (χ4v) is 0.725. The fraction of sp³-hybridized carbons (Fsp3) is 0.125. The van der Waals surface area contributed by atoms with Crippen LogP contribution in [0.4, 0.5) is 5.69 Å². The molecule has 15 heavy (non-hydrogen) atoms. The molecule has 0 saturated heterocycles. The molecule has 84 valence electrons. The third kappa shape index (κ3) is 12.6. The molecule has 0 radical (unpaired) electrons. The van der Waals surface area contributed by atoms with Gasteiger partial charge in [-0.2, -0.15) is 8.42 Å². The molecule has 0 heterocycles. The fourth-order valence-electron chi connectivity index (χ4n) is 0.725. The third-order valence-corrected chi connectivity index (χ3v) is 1.09. The Balaban J connectivity index is 0.000000336. The van der Waals surface area contributed by atoms with Gasteiger partial charge in [-0.05, 0) is 12.1 Å². The summed E-state index contributed by atoms with van der Waals surface area (Å²) in [6.07, 6.45) is 0. The van der Waals surface area contributed by atoms with Crippen molar-refractivity contribution in [1.29, 1.82) is 0 Å². The van der Waals surface area contributed by atoms with Crippen LogP contribution in [-0.4, -0.2) is 23.4 Å². The zero-order valence-corrected chi connectivity index (χ0v) is 8.73. The number of anilines is 1. The predicted molar refractivity (Wildman–Crippen MR) is 54.9 cm³/mol. The Morgan fingerprint density at radius 3 is 1.93 bits per heavy atom. The Morgan fingerprint density at radius 1 is 1.20 bits per heavy atom. The smallest absolute Gasteiger partial charge is 0.326 e. The molecular weight excluding hydrogens is 222 g/mol. The molecular formula is C8H11NO5S. The van der Waals surface area contributed by atoms with E-state index in [0.29, 0.717) is 0 Å². The van der Waals surface area contributed by atoms with Crippen molar-refractivity contribution in [2.45, 2.75) is 6.92 Å². The van der Waals surface area contributed by atoms with Crippen LogP contribution in [0.1, 0.15) is 6.92 Å². The van der Waals surface area contributed by atoms with E-state index in [1.807, 2.05) is 30.3 Å². The van der Waals surface area contributed by atoms with Gasteiger partial charge in [0.1, 0.15) is 0 Å². The highest BCUT2D eigenvalue weighted by molar-refractivity contribution is 7.79. The number of nitrogens with one attached hydrogen (secondary N) is 1. The highest BCUT2D eigenvalue weighted by atomic mass is 32.3. The first-order valence-corrected chi connectivity index (χ1v) is 5.21. The van der Waals surface area contributed by atoms with Gasteiger partial charge in [-0.15, -0.1) is 0 Å². The van der Waals surface area contributed by atoms with Gasteiger partial charge in [0.25, 0.3) is 0 Å². The van der Waals surface area contributed by atoms with Crippen molar-refractivity contribution in [2.75, 3.05) is 5.32 Å². The van der Waals surface area contributed by atoms with E-state index in [1.54, 1.807) is 0 Å². The number of hydrogen-bond donors (Lipinski definition) is 3. The molecule has 0 atom stereocenters. The molecule has 0 aromatic heterocycles. The van der Waals surface area contributed by atoms with Crippen molar-refractivity contribution in [3.8, 4) is 0 Å². The summed E-state index contributed by atoms with van der Waals surface area (Å²) in [6, 6.07) is 9.37. The maximum Gasteiger partial charge on any atom is 0.394 e. The largest absolute Gasteiger partial charge is 0.394 e. The average molecular weight is 233 g/mol. The van der Waals surface area contributed by atoms with Crippen molar-refractivity contribution < 1.29 is 22.3 Å². The number of carbonyl (C=O) groups excluding carboxylic acids is 1. The number of para-hydroxylation sites is 1. The Morgan fingerprint density at radius 2 is 1.60 bits per heavy atom. The third-order valence-electron chi connectivity index (χ3n) is 1.09.